The number of anilines is 1. The summed E-state index contributed by atoms with van der Waals surface area (Å²) in [4.78, 5) is 12.3. The van der Waals surface area contributed by atoms with E-state index in [2.05, 4.69) is 10.0 Å². The van der Waals surface area contributed by atoms with Crippen molar-refractivity contribution in [2.24, 2.45) is 0 Å². The lowest BCUT2D eigenvalue weighted by Crippen LogP contribution is -2.32. The highest BCUT2D eigenvalue weighted by Crippen LogP contribution is 2.23. The lowest BCUT2D eigenvalue weighted by molar-refractivity contribution is 0.0938. The SMILES string of the molecule is Cc1cc(Cl)ccc1NS(=O)(=O)c1ccc(C(=O)NC2CCCC2)cc1. The van der Waals surface area contributed by atoms with Gasteiger partial charge in [-0.3, -0.25) is 9.52 Å². The number of carbonyl (C=O) groups excluding carboxylic acids is 1. The first-order chi connectivity index (χ1) is 12.3. The number of sulfonamides is 1. The van der Waals surface area contributed by atoms with Crippen LogP contribution in [-0.4, -0.2) is 20.4 Å². The molecule has 1 aliphatic carbocycles. The normalized spacial score (nSPS) is 15.0. The zero-order chi connectivity index (χ0) is 18.7. The van der Waals surface area contributed by atoms with Crippen LogP contribution in [0, 0.1) is 6.92 Å². The maximum Gasteiger partial charge on any atom is 0.261 e. The summed E-state index contributed by atoms with van der Waals surface area (Å²) in [5.74, 6) is -0.164. The Balaban J connectivity index is 1.73. The van der Waals surface area contributed by atoms with Crippen LogP contribution in [0.15, 0.2) is 47.4 Å². The van der Waals surface area contributed by atoms with Gasteiger partial charge in [-0.1, -0.05) is 24.4 Å². The van der Waals surface area contributed by atoms with Crippen LogP contribution in [-0.2, 0) is 10.0 Å². The van der Waals surface area contributed by atoms with Gasteiger partial charge in [0.2, 0.25) is 0 Å². The minimum Gasteiger partial charge on any atom is -0.349 e. The van der Waals surface area contributed by atoms with Gasteiger partial charge in [0.1, 0.15) is 0 Å². The lowest BCUT2D eigenvalue weighted by Gasteiger charge is -2.13. The number of hydrogen-bond acceptors (Lipinski definition) is 3. The summed E-state index contributed by atoms with van der Waals surface area (Å²) in [6, 6.07) is 11.1. The van der Waals surface area contributed by atoms with E-state index in [0.717, 1.165) is 31.2 Å². The zero-order valence-electron chi connectivity index (χ0n) is 14.5. The number of rotatable bonds is 5. The molecule has 0 atom stereocenters. The second-order valence-electron chi connectivity index (χ2n) is 6.54. The van der Waals surface area contributed by atoms with Gasteiger partial charge in [0.25, 0.3) is 15.9 Å². The van der Waals surface area contributed by atoms with E-state index in [1.54, 1.807) is 25.1 Å². The van der Waals surface area contributed by atoms with Gasteiger partial charge in [0, 0.05) is 16.6 Å². The summed E-state index contributed by atoms with van der Waals surface area (Å²) in [7, 11) is -3.74. The van der Waals surface area contributed by atoms with Crippen LogP contribution in [0.2, 0.25) is 5.02 Å². The van der Waals surface area contributed by atoms with Gasteiger partial charge in [-0.25, -0.2) is 8.42 Å². The summed E-state index contributed by atoms with van der Waals surface area (Å²) in [5.41, 5.74) is 1.66. The van der Waals surface area contributed by atoms with E-state index in [1.807, 2.05) is 0 Å². The number of hydrogen-bond donors (Lipinski definition) is 2. The van der Waals surface area contributed by atoms with E-state index >= 15 is 0 Å². The van der Waals surface area contributed by atoms with Crippen molar-refractivity contribution in [3.05, 3.63) is 58.6 Å². The third kappa shape index (κ3) is 4.37. The molecule has 26 heavy (non-hydrogen) atoms. The minimum absolute atomic E-state index is 0.101. The molecule has 1 saturated carbocycles. The predicted molar refractivity (Wildman–Crippen MR) is 103 cm³/mol. The lowest BCUT2D eigenvalue weighted by atomic mass is 10.2. The first-order valence-corrected chi connectivity index (χ1v) is 10.4. The average Bonchev–Trinajstić information content (AvgIpc) is 3.10. The molecule has 0 unspecified atom stereocenters. The third-order valence-electron chi connectivity index (χ3n) is 4.55. The smallest absolute Gasteiger partial charge is 0.261 e. The number of halogens is 1. The summed E-state index contributed by atoms with van der Waals surface area (Å²) >= 11 is 5.90. The van der Waals surface area contributed by atoms with Crippen LogP contribution in [0.5, 0.6) is 0 Å². The molecular weight excluding hydrogens is 372 g/mol. The summed E-state index contributed by atoms with van der Waals surface area (Å²) in [6.07, 6.45) is 4.28. The van der Waals surface area contributed by atoms with Crippen molar-refractivity contribution < 1.29 is 13.2 Å². The van der Waals surface area contributed by atoms with E-state index in [4.69, 9.17) is 11.6 Å². The van der Waals surface area contributed by atoms with Crippen LogP contribution in [0.1, 0.15) is 41.6 Å². The molecule has 0 spiro atoms. The maximum absolute atomic E-state index is 12.6. The summed E-state index contributed by atoms with van der Waals surface area (Å²) in [6.45, 7) is 1.78. The Morgan fingerprint density at radius 2 is 1.73 bits per heavy atom. The van der Waals surface area contributed by atoms with E-state index < -0.39 is 10.0 Å². The number of benzene rings is 2. The van der Waals surface area contributed by atoms with Gasteiger partial charge in [0.05, 0.1) is 10.6 Å². The first kappa shape index (κ1) is 18.7. The number of carbonyl (C=O) groups is 1. The molecule has 0 bridgehead atoms. The van der Waals surface area contributed by atoms with Crippen LogP contribution < -0.4 is 10.0 Å². The van der Waals surface area contributed by atoms with Crippen LogP contribution in [0.25, 0.3) is 0 Å². The second-order valence-corrected chi connectivity index (χ2v) is 8.66. The van der Waals surface area contributed by atoms with E-state index in [1.165, 1.54) is 24.3 Å². The van der Waals surface area contributed by atoms with E-state index in [0.29, 0.717) is 16.3 Å². The zero-order valence-corrected chi connectivity index (χ0v) is 16.0. The van der Waals surface area contributed by atoms with Gasteiger partial charge in [-0.05, 0) is 67.8 Å². The molecule has 0 aliphatic heterocycles. The quantitative estimate of drug-likeness (QED) is 0.803. The molecule has 2 aromatic carbocycles. The molecule has 3 rings (SSSR count). The van der Waals surface area contributed by atoms with Crippen LogP contribution in [0.3, 0.4) is 0 Å². The molecule has 1 aliphatic rings. The summed E-state index contributed by atoms with van der Waals surface area (Å²) in [5, 5.41) is 3.53. The monoisotopic (exact) mass is 392 g/mol. The Kier molecular flexibility index (Phi) is 5.53. The van der Waals surface area contributed by atoms with Crippen molar-refractivity contribution in [2.75, 3.05) is 4.72 Å². The Labute approximate surface area is 158 Å². The number of amides is 1. The topological polar surface area (TPSA) is 75.3 Å². The fourth-order valence-corrected chi connectivity index (χ4v) is 4.43. The largest absolute Gasteiger partial charge is 0.349 e. The Morgan fingerprint density at radius 3 is 2.35 bits per heavy atom. The molecule has 1 fully saturated rings. The molecule has 0 radical (unpaired) electrons. The first-order valence-electron chi connectivity index (χ1n) is 8.55. The van der Waals surface area contributed by atoms with Gasteiger partial charge < -0.3 is 5.32 Å². The highest BCUT2D eigenvalue weighted by atomic mass is 35.5. The maximum atomic E-state index is 12.6. The van der Waals surface area contributed by atoms with E-state index in [-0.39, 0.29) is 16.8 Å². The standard InChI is InChI=1S/C19H21ClN2O3S/c1-13-12-15(20)8-11-18(13)22-26(24,25)17-9-6-14(7-10-17)19(23)21-16-4-2-3-5-16/h6-12,16,22H,2-5H2,1H3,(H,21,23). The van der Waals surface area contributed by atoms with Crippen molar-refractivity contribution >= 4 is 33.2 Å². The Morgan fingerprint density at radius 1 is 1.08 bits per heavy atom. The van der Waals surface area contributed by atoms with Crippen molar-refractivity contribution in [1.82, 2.24) is 5.32 Å². The molecule has 5 nitrogen and oxygen atoms in total. The van der Waals surface area contributed by atoms with Gasteiger partial charge >= 0.3 is 0 Å². The molecule has 0 aromatic heterocycles. The second kappa shape index (κ2) is 7.68. The molecule has 7 heteroatoms. The minimum atomic E-state index is -3.74. The molecule has 1 amide bonds. The van der Waals surface area contributed by atoms with Crippen molar-refractivity contribution in [3.8, 4) is 0 Å². The molecule has 0 saturated heterocycles. The number of aryl methyl sites for hydroxylation is 1. The Hall–Kier alpha value is -2.05. The highest BCUT2D eigenvalue weighted by molar-refractivity contribution is 7.92. The molecular formula is C19H21ClN2O3S. The van der Waals surface area contributed by atoms with Gasteiger partial charge in [-0.15, -0.1) is 0 Å². The van der Waals surface area contributed by atoms with Gasteiger partial charge in [0.15, 0.2) is 0 Å². The van der Waals surface area contributed by atoms with Crippen LogP contribution in [0.4, 0.5) is 5.69 Å². The van der Waals surface area contributed by atoms with Crippen molar-refractivity contribution in [1.29, 1.82) is 0 Å². The van der Waals surface area contributed by atoms with Crippen LogP contribution >= 0.6 is 11.6 Å². The molecule has 0 heterocycles. The molecule has 2 aromatic rings. The Bertz CT molecular complexity index is 905. The highest BCUT2D eigenvalue weighted by Gasteiger charge is 2.19. The van der Waals surface area contributed by atoms with Crippen molar-refractivity contribution in [2.45, 2.75) is 43.5 Å². The average molecular weight is 393 g/mol. The third-order valence-corrected chi connectivity index (χ3v) is 6.17. The molecule has 138 valence electrons. The van der Waals surface area contributed by atoms with Crippen molar-refractivity contribution in [3.63, 3.8) is 0 Å². The van der Waals surface area contributed by atoms with E-state index in [9.17, 15) is 13.2 Å². The molecule has 2 N–H and O–H groups in total. The summed E-state index contributed by atoms with van der Waals surface area (Å²) < 4.78 is 27.7. The number of nitrogens with one attached hydrogen (secondary N) is 2. The fourth-order valence-electron chi connectivity index (χ4n) is 3.07. The fraction of sp³-hybridized carbons (Fsp3) is 0.316. The predicted octanol–water partition coefficient (Wildman–Crippen LogP) is 4.12. The van der Waals surface area contributed by atoms with Gasteiger partial charge in [-0.2, -0.15) is 0 Å².